The van der Waals surface area contributed by atoms with Crippen molar-refractivity contribution in [1.82, 2.24) is 10.2 Å². The summed E-state index contributed by atoms with van der Waals surface area (Å²) in [6, 6.07) is 16.7. The van der Waals surface area contributed by atoms with E-state index in [0.29, 0.717) is 18.6 Å². The van der Waals surface area contributed by atoms with Gasteiger partial charge < -0.3 is 10.1 Å². The highest BCUT2D eigenvalue weighted by Gasteiger charge is 2.54. The molecule has 2 aliphatic rings. The molecule has 6 nitrogen and oxygen atoms in total. The molecule has 1 aliphatic heterocycles. The lowest BCUT2D eigenvalue weighted by molar-refractivity contribution is -0.131. The Hall–Kier alpha value is -3.33. The molecule has 2 aromatic carbocycles. The van der Waals surface area contributed by atoms with Crippen molar-refractivity contribution in [2.75, 3.05) is 13.2 Å². The zero-order valence-corrected chi connectivity index (χ0v) is 14.8. The van der Waals surface area contributed by atoms with Crippen molar-refractivity contribution in [2.24, 2.45) is 0 Å². The number of fused-ring (bicyclic) bond motifs is 2. The Morgan fingerprint density at radius 1 is 1.15 bits per heavy atom. The summed E-state index contributed by atoms with van der Waals surface area (Å²) in [5.41, 5.74) is 2.01. The Bertz CT molecular complexity index is 932. The Labute approximate surface area is 157 Å². The van der Waals surface area contributed by atoms with Gasteiger partial charge in [0, 0.05) is 0 Å². The van der Waals surface area contributed by atoms with Crippen LogP contribution in [0.1, 0.15) is 23.1 Å². The highest BCUT2D eigenvalue weighted by atomic mass is 16.5. The second-order valence-electron chi connectivity index (χ2n) is 6.78. The van der Waals surface area contributed by atoms with E-state index in [2.05, 4.69) is 11.4 Å². The van der Waals surface area contributed by atoms with E-state index >= 15 is 0 Å². The third kappa shape index (κ3) is 2.91. The van der Waals surface area contributed by atoms with Crippen LogP contribution in [-0.4, -0.2) is 30.0 Å². The number of nitriles is 1. The van der Waals surface area contributed by atoms with E-state index in [1.807, 2.05) is 36.4 Å². The second-order valence-corrected chi connectivity index (χ2v) is 6.78. The first-order valence-corrected chi connectivity index (χ1v) is 8.95. The van der Waals surface area contributed by atoms with Gasteiger partial charge >= 0.3 is 6.03 Å². The maximum atomic E-state index is 13.0. The lowest BCUT2D eigenvalue weighted by Crippen LogP contribution is -2.42. The summed E-state index contributed by atoms with van der Waals surface area (Å²) in [5, 5.41) is 11.6. The third-order valence-corrected chi connectivity index (χ3v) is 5.21. The zero-order valence-electron chi connectivity index (χ0n) is 14.8. The van der Waals surface area contributed by atoms with E-state index in [-0.39, 0.29) is 25.1 Å². The van der Waals surface area contributed by atoms with Crippen LogP contribution < -0.4 is 10.1 Å². The summed E-state index contributed by atoms with van der Waals surface area (Å²) in [5.74, 6) is 0.440. The molecule has 6 heteroatoms. The van der Waals surface area contributed by atoms with Gasteiger partial charge in [0.05, 0.1) is 19.0 Å². The Kier molecular flexibility index (Phi) is 4.28. The molecule has 0 bridgehead atoms. The molecule has 136 valence electrons. The summed E-state index contributed by atoms with van der Waals surface area (Å²) >= 11 is 0. The number of imide groups is 1. The van der Waals surface area contributed by atoms with Crippen molar-refractivity contribution in [2.45, 2.75) is 24.8 Å². The number of aryl methyl sites for hydroxylation is 1. The van der Waals surface area contributed by atoms with Gasteiger partial charge in [0.15, 0.2) is 0 Å². The molecule has 27 heavy (non-hydrogen) atoms. The van der Waals surface area contributed by atoms with Crippen LogP contribution >= 0.6 is 0 Å². The minimum atomic E-state index is -0.924. The Balaban J connectivity index is 1.41. The van der Waals surface area contributed by atoms with Crippen molar-refractivity contribution in [3.8, 4) is 11.8 Å². The third-order valence-electron chi connectivity index (χ3n) is 5.21. The van der Waals surface area contributed by atoms with Crippen LogP contribution in [0.3, 0.4) is 0 Å². The van der Waals surface area contributed by atoms with Crippen molar-refractivity contribution in [1.29, 1.82) is 5.26 Å². The fourth-order valence-electron chi connectivity index (χ4n) is 3.84. The number of ether oxygens (including phenoxy) is 1. The van der Waals surface area contributed by atoms with Crippen LogP contribution in [0.4, 0.5) is 4.79 Å². The van der Waals surface area contributed by atoms with Crippen LogP contribution in [0.15, 0.2) is 48.5 Å². The van der Waals surface area contributed by atoms with Crippen LogP contribution in [0.5, 0.6) is 5.75 Å². The van der Waals surface area contributed by atoms with E-state index in [4.69, 9.17) is 10.00 Å². The monoisotopic (exact) mass is 361 g/mol. The summed E-state index contributed by atoms with van der Waals surface area (Å²) in [6.07, 6.45) is 1.72. The molecular formula is C21H19N3O3. The van der Waals surface area contributed by atoms with Crippen molar-refractivity contribution in [3.63, 3.8) is 0 Å². The number of carbonyl (C=O) groups excluding carboxylic acids is 2. The molecule has 1 unspecified atom stereocenters. The molecule has 2 aromatic rings. The number of urea groups is 1. The van der Waals surface area contributed by atoms with Crippen LogP contribution in [-0.2, 0) is 23.2 Å². The number of rotatable bonds is 5. The molecule has 1 aliphatic carbocycles. The molecule has 0 saturated carbocycles. The first kappa shape index (κ1) is 17.1. The standard InChI is InChI=1S/C21H19N3O3/c22-12-10-15-5-7-17(8-6-15)27-14-13-24-19(25)21(23-20(24)26)11-9-16-3-1-2-4-18(16)21/h1-8H,9-11,13-14H2,(H,23,26). The second kappa shape index (κ2) is 6.76. The van der Waals surface area contributed by atoms with Crippen molar-refractivity contribution in [3.05, 3.63) is 65.2 Å². The van der Waals surface area contributed by atoms with E-state index in [1.54, 1.807) is 12.1 Å². The molecule has 1 heterocycles. The quantitative estimate of drug-likeness (QED) is 0.830. The number of amides is 3. The molecule has 3 amide bonds. The molecule has 0 radical (unpaired) electrons. The highest BCUT2D eigenvalue weighted by molar-refractivity contribution is 6.08. The average Bonchev–Trinajstić information content (AvgIpc) is 3.17. The number of nitrogens with zero attached hydrogens (tertiary/aromatic N) is 2. The van der Waals surface area contributed by atoms with E-state index in [1.165, 1.54) is 4.90 Å². The minimum Gasteiger partial charge on any atom is -0.492 e. The van der Waals surface area contributed by atoms with Gasteiger partial charge in [-0.05, 0) is 41.7 Å². The first-order chi connectivity index (χ1) is 13.1. The largest absolute Gasteiger partial charge is 0.492 e. The van der Waals surface area contributed by atoms with E-state index in [0.717, 1.165) is 23.1 Å². The molecule has 4 rings (SSSR count). The first-order valence-electron chi connectivity index (χ1n) is 8.95. The van der Waals surface area contributed by atoms with Gasteiger partial charge in [-0.3, -0.25) is 9.69 Å². The predicted molar refractivity (Wildman–Crippen MR) is 97.9 cm³/mol. The topological polar surface area (TPSA) is 82.4 Å². The van der Waals surface area contributed by atoms with Gasteiger partial charge in [-0.1, -0.05) is 36.4 Å². The van der Waals surface area contributed by atoms with Crippen molar-refractivity contribution >= 4 is 11.9 Å². The lowest BCUT2D eigenvalue weighted by atomic mass is 9.92. The van der Waals surface area contributed by atoms with Gasteiger partial charge in [-0.15, -0.1) is 0 Å². The summed E-state index contributed by atoms with van der Waals surface area (Å²) < 4.78 is 5.66. The van der Waals surface area contributed by atoms with Gasteiger partial charge in [0.1, 0.15) is 17.9 Å². The smallest absolute Gasteiger partial charge is 0.325 e. The number of nitrogens with one attached hydrogen (secondary N) is 1. The van der Waals surface area contributed by atoms with E-state index in [9.17, 15) is 9.59 Å². The Morgan fingerprint density at radius 3 is 2.70 bits per heavy atom. The molecule has 1 N–H and O–H groups in total. The predicted octanol–water partition coefficient (Wildman–Crippen LogP) is 2.52. The lowest BCUT2D eigenvalue weighted by Gasteiger charge is -2.22. The normalized spacial score (nSPS) is 20.5. The fourth-order valence-corrected chi connectivity index (χ4v) is 3.84. The van der Waals surface area contributed by atoms with Crippen molar-refractivity contribution < 1.29 is 14.3 Å². The maximum Gasteiger partial charge on any atom is 0.325 e. The van der Waals surface area contributed by atoms with Crippen LogP contribution in [0.25, 0.3) is 0 Å². The molecule has 1 fully saturated rings. The maximum absolute atomic E-state index is 13.0. The zero-order chi connectivity index (χ0) is 18.9. The number of benzene rings is 2. The summed E-state index contributed by atoms with van der Waals surface area (Å²) in [6.45, 7) is 0.406. The SMILES string of the molecule is N#CCc1ccc(OCCN2C(=O)NC3(CCc4ccccc43)C2=O)cc1. The molecule has 1 saturated heterocycles. The summed E-state index contributed by atoms with van der Waals surface area (Å²) in [4.78, 5) is 26.7. The fraction of sp³-hybridized carbons (Fsp3) is 0.286. The van der Waals surface area contributed by atoms with Gasteiger partial charge in [0.25, 0.3) is 5.91 Å². The molecule has 1 atom stereocenters. The molecule has 0 aromatic heterocycles. The van der Waals surface area contributed by atoms with Gasteiger partial charge in [-0.2, -0.15) is 5.26 Å². The van der Waals surface area contributed by atoms with E-state index < -0.39 is 5.54 Å². The molecular weight excluding hydrogens is 342 g/mol. The minimum absolute atomic E-state index is 0.189. The number of hydrogen-bond donors (Lipinski definition) is 1. The number of carbonyl (C=O) groups is 2. The average molecular weight is 361 g/mol. The van der Waals surface area contributed by atoms with Gasteiger partial charge in [0.2, 0.25) is 0 Å². The molecule has 1 spiro atoms. The summed E-state index contributed by atoms with van der Waals surface area (Å²) in [7, 11) is 0. The Morgan fingerprint density at radius 2 is 1.93 bits per heavy atom. The van der Waals surface area contributed by atoms with Gasteiger partial charge in [-0.25, -0.2) is 4.79 Å². The van der Waals surface area contributed by atoms with Crippen LogP contribution in [0, 0.1) is 11.3 Å². The highest BCUT2D eigenvalue weighted by Crippen LogP contribution is 2.41. The number of hydrogen-bond acceptors (Lipinski definition) is 4. The van der Waals surface area contributed by atoms with Crippen LogP contribution in [0.2, 0.25) is 0 Å².